The van der Waals surface area contributed by atoms with Crippen molar-refractivity contribution in [3.05, 3.63) is 107 Å². The van der Waals surface area contributed by atoms with Crippen LogP contribution in [0, 0.1) is 13.8 Å². The first-order chi connectivity index (χ1) is 12.5. The molecule has 26 heavy (non-hydrogen) atoms. The summed E-state index contributed by atoms with van der Waals surface area (Å²) in [6, 6.07) is 24.7. The molecule has 3 aromatic rings. The van der Waals surface area contributed by atoms with Crippen LogP contribution >= 0.6 is 0 Å². The van der Waals surface area contributed by atoms with Gasteiger partial charge in [-0.2, -0.15) is 0 Å². The van der Waals surface area contributed by atoms with E-state index in [1.807, 2.05) is 92.7 Å². The van der Waals surface area contributed by atoms with Crippen molar-refractivity contribution in [2.75, 3.05) is 0 Å². The van der Waals surface area contributed by atoms with Gasteiger partial charge in [-0.25, -0.2) is 13.1 Å². The van der Waals surface area contributed by atoms with Gasteiger partial charge in [0.2, 0.25) is 10.0 Å². The lowest BCUT2D eigenvalue weighted by molar-refractivity contribution is 0.571. The Morgan fingerprint density at radius 1 is 0.769 bits per heavy atom. The van der Waals surface area contributed by atoms with Crippen LogP contribution in [-0.2, 0) is 15.8 Å². The van der Waals surface area contributed by atoms with Crippen LogP contribution in [0.5, 0.6) is 0 Å². The molecule has 3 aromatic carbocycles. The Morgan fingerprint density at radius 3 is 2.00 bits per heavy atom. The van der Waals surface area contributed by atoms with Gasteiger partial charge in [-0.1, -0.05) is 78.9 Å². The standard InChI is InChI=1S/C22H23NO2S/c1-17-10-6-8-14-20(17)16-26(24,25)23-22(19-12-4-3-5-13-19)21-15-9-7-11-18(21)2/h3-15,22-23H,16H2,1-2H3/t22-/m0/s1. The van der Waals surface area contributed by atoms with Gasteiger partial charge < -0.3 is 0 Å². The average Bonchev–Trinajstić information content (AvgIpc) is 2.63. The van der Waals surface area contributed by atoms with Gasteiger partial charge in [0, 0.05) is 0 Å². The molecule has 0 unspecified atom stereocenters. The van der Waals surface area contributed by atoms with E-state index in [4.69, 9.17) is 0 Å². The van der Waals surface area contributed by atoms with E-state index in [2.05, 4.69) is 4.72 Å². The van der Waals surface area contributed by atoms with Crippen molar-refractivity contribution in [2.45, 2.75) is 25.6 Å². The highest BCUT2D eigenvalue weighted by Crippen LogP contribution is 2.26. The molecule has 0 heterocycles. The molecule has 0 aliphatic carbocycles. The monoisotopic (exact) mass is 365 g/mol. The van der Waals surface area contributed by atoms with Crippen LogP contribution in [0.4, 0.5) is 0 Å². The highest BCUT2D eigenvalue weighted by atomic mass is 32.2. The van der Waals surface area contributed by atoms with E-state index >= 15 is 0 Å². The van der Waals surface area contributed by atoms with E-state index in [-0.39, 0.29) is 5.75 Å². The third kappa shape index (κ3) is 4.40. The van der Waals surface area contributed by atoms with E-state index in [1.54, 1.807) is 0 Å². The first kappa shape index (κ1) is 18.4. The fourth-order valence-corrected chi connectivity index (χ4v) is 4.50. The van der Waals surface area contributed by atoms with Gasteiger partial charge in [0.1, 0.15) is 0 Å². The first-order valence-corrected chi connectivity index (χ1v) is 10.3. The Hall–Kier alpha value is -2.43. The average molecular weight is 365 g/mol. The number of hydrogen-bond donors (Lipinski definition) is 1. The normalized spacial score (nSPS) is 12.7. The Morgan fingerprint density at radius 2 is 1.35 bits per heavy atom. The zero-order valence-corrected chi connectivity index (χ0v) is 15.8. The molecular formula is C22H23NO2S. The topological polar surface area (TPSA) is 46.2 Å². The van der Waals surface area contributed by atoms with Crippen molar-refractivity contribution >= 4 is 10.0 Å². The number of aryl methyl sites for hydroxylation is 2. The maximum atomic E-state index is 12.9. The van der Waals surface area contributed by atoms with Crippen molar-refractivity contribution in [3.8, 4) is 0 Å². The molecular weight excluding hydrogens is 342 g/mol. The molecule has 4 heteroatoms. The molecule has 0 spiro atoms. The van der Waals surface area contributed by atoms with Crippen LogP contribution in [0.2, 0.25) is 0 Å². The van der Waals surface area contributed by atoms with Gasteiger partial charge >= 0.3 is 0 Å². The molecule has 0 saturated carbocycles. The Labute approximate surface area is 155 Å². The van der Waals surface area contributed by atoms with Gasteiger partial charge in [-0.3, -0.25) is 0 Å². The minimum atomic E-state index is -3.52. The summed E-state index contributed by atoms with van der Waals surface area (Å²) in [5, 5.41) is 0. The molecule has 1 N–H and O–H groups in total. The summed E-state index contributed by atoms with van der Waals surface area (Å²) >= 11 is 0. The maximum Gasteiger partial charge on any atom is 0.216 e. The van der Waals surface area contributed by atoms with Crippen LogP contribution in [-0.4, -0.2) is 8.42 Å². The lowest BCUT2D eigenvalue weighted by Gasteiger charge is -2.22. The molecule has 3 nitrogen and oxygen atoms in total. The Kier molecular flexibility index (Phi) is 5.55. The quantitative estimate of drug-likeness (QED) is 0.698. The van der Waals surface area contributed by atoms with Crippen molar-refractivity contribution in [2.24, 2.45) is 0 Å². The van der Waals surface area contributed by atoms with Crippen molar-refractivity contribution in [1.29, 1.82) is 0 Å². The molecule has 0 aliphatic heterocycles. The predicted molar refractivity (Wildman–Crippen MR) is 106 cm³/mol. The molecule has 0 saturated heterocycles. The van der Waals surface area contributed by atoms with Gasteiger partial charge in [0.05, 0.1) is 11.8 Å². The zero-order valence-electron chi connectivity index (χ0n) is 15.0. The fourth-order valence-electron chi connectivity index (χ4n) is 3.07. The summed E-state index contributed by atoms with van der Waals surface area (Å²) in [7, 11) is -3.52. The minimum Gasteiger partial charge on any atom is -0.212 e. The number of nitrogens with one attached hydrogen (secondary N) is 1. The molecule has 134 valence electrons. The molecule has 0 aliphatic rings. The summed E-state index contributed by atoms with van der Waals surface area (Å²) in [5.41, 5.74) is 4.74. The van der Waals surface area contributed by atoms with Crippen LogP contribution in [0.1, 0.15) is 33.9 Å². The fraction of sp³-hybridized carbons (Fsp3) is 0.182. The minimum absolute atomic E-state index is 0.0328. The van der Waals surface area contributed by atoms with E-state index in [1.165, 1.54) is 0 Å². The molecule has 0 amide bonds. The number of benzene rings is 3. The van der Waals surface area contributed by atoms with E-state index in [0.29, 0.717) is 0 Å². The molecule has 0 aromatic heterocycles. The van der Waals surface area contributed by atoms with Crippen molar-refractivity contribution < 1.29 is 8.42 Å². The number of hydrogen-bond acceptors (Lipinski definition) is 2. The molecule has 0 bridgehead atoms. The molecule has 1 atom stereocenters. The third-order valence-corrected chi connectivity index (χ3v) is 5.82. The zero-order chi connectivity index (χ0) is 18.6. The van der Waals surface area contributed by atoms with Crippen molar-refractivity contribution in [1.82, 2.24) is 4.72 Å². The van der Waals surface area contributed by atoms with Crippen molar-refractivity contribution in [3.63, 3.8) is 0 Å². The lowest BCUT2D eigenvalue weighted by Crippen LogP contribution is -2.31. The third-order valence-electron chi connectivity index (χ3n) is 4.54. The second kappa shape index (κ2) is 7.85. The molecule has 3 rings (SSSR count). The van der Waals surface area contributed by atoms with Crippen LogP contribution in [0.25, 0.3) is 0 Å². The number of sulfonamides is 1. The highest BCUT2D eigenvalue weighted by molar-refractivity contribution is 7.88. The first-order valence-electron chi connectivity index (χ1n) is 8.61. The molecule has 0 fully saturated rings. The van der Waals surface area contributed by atoms with E-state index in [0.717, 1.165) is 27.8 Å². The van der Waals surface area contributed by atoms with Crippen LogP contribution in [0.15, 0.2) is 78.9 Å². The Bertz CT molecular complexity index is 982. The van der Waals surface area contributed by atoms with Gasteiger partial charge in [-0.05, 0) is 41.7 Å². The van der Waals surface area contributed by atoms with Gasteiger partial charge in [0.15, 0.2) is 0 Å². The number of rotatable bonds is 6. The summed E-state index contributed by atoms with van der Waals surface area (Å²) in [6.45, 7) is 3.93. The van der Waals surface area contributed by atoms with E-state index < -0.39 is 16.1 Å². The second-order valence-corrected chi connectivity index (χ2v) is 8.26. The smallest absolute Gasteiger partial charge is 0.212 e. The second-order valence-electron chi connectivity index (χ2n) is 6.50. The van der Waals surface area contributed by atoms with Gasteiger partial charge in [0.25, 0.3) is 0 Å². The lowest BCUT2D eigenvalue weighted by atomic mass is 9.96. The molecule has 0 radical (unpaired) electrons. The predicted octanol–water partition coefficient (Wildman–Crippen LogP) is 4.51. The highest BCUT2D eigenvalue weighted by Gasteiger charge is 2.23. The summed E-state index contributed by atoms with van der Waals surface area (Å²) < 4.78 is 28.7. The summed E-state index contributed by atoms with van der Waals surface area (Å²) in [5.74, 6) is -0.0328. The summed E-state index contributed by atoms with van der Waals surface area (Å²) in [6.07, 6.45) is 0. The van der Waals surface area contributed by atoms with Crippen LogP contribution in [0.3, 0.4) is 0 Å². The van der Waals surface area contributed by atoms with E-state index in [9.17, 15) is 8.42 Å². The van der Waals surface area contributed by atoms with Crippen LogP contribution < -0.4 is 4.72 Å². The maximum absolute atomic E-state index is 12.9. The Balaban J connectivity index is 1.96. The largest absolute Gasteiger partial charge is 0.216 e. The SMILES string of the molecule is Cc1ccccc1CS(=O)(=O)N[C@@H](c1ccccc1)c1ccccc1C. The van der Waals surface area contributed by atoms with Gasteiger partial charge in [-0.15, -0.1) is 0 Å². The summed E-state index contributed by atoms with van der Waals surface area (Å²) in [4.78, 5) is 0.